The second-order valence-corrected chi connectivity index (χ2v) is 7.17. The first-order chi connectivity index (χ1) is 13.4. The van der Waals surface area contributed by atoms with Crippen LogP contribution in [0.3, 0.4) is 0 Å². The number of aromatic amines is 1. The second kappa shape index (κ2) is 6.79. The van der Waals surface area contributed by atoms with Crippen LogP contribution in [-0.2, 0) is 6.54 Å². The highest BCUT2D eigenvalue weighted by Crippen LogP contribution is 2.38. The van der Waals surface area contributed by atoms with Gasteiger partial charge in [0, 0.05) is 24.0 Å². The maximum atomic E-state index is 12.5. The Kier molecular flexibility index (Phi) is 4.43. The van der Waals surface area contributed by atoms with Gasteiger partial charge in [-0.05, 0) is 40.1 Å². The zero-order valence-electron chi connectivity index (χ0n) is 16.7. The smallest absolute Gasteiger partial charge is 0.326 e. The Morgan fingerprint density at radius 3 is 2.71 bits per heavy atom. The van der Waals surface area contributed by atoms with Gasteiger partial charge in [0.2, 0.25) is 0 Å². The number of aromatic nitrogens is 4. The fourth-order valence-electron chi connectivity index (χ4n) is 3.62. The summed E-state index contributed by atoms with van der Waals surface area (Å²) in [4.78, 5) is 22.0. The molecule has 3 heterocycles. The molecule has 0 aliphatic heterocycles. The number of ether oxygens (including phenoxy) is 1. The van der Waals surface area contributed by atoms with E-state index in [2.05, 4.69) is 15.1 Å². The van der Waals surface area contributed by atoms with Gasteiger partial charge in [0.15, 0.2) is 0 Å². The number of pyridine rings is 1. The van der Waals surface area contributed by atoms with E-state index in [0.29, 0.717) is 17.8 Å². The molecule has 0 spiro atoms. The minimum absolute atomic E-state index is 0.139. The molecular formula is C20H23N5O3. The van der Waals surface area contributed by atoms with Crippen molar-refractivity contribution in [2.75, 3.05) is 27.7 Å². The first kappa shape index (κ1) is 18.2. The van der Waals surface area contributed by atoms with Crippen molar-refractivity contribution < 1.29 is 9.26 Å². The number of rotatable bonds is 5. The SMILES string of the molecule is COc1cc2c(cc1-c1c(C)noc1C)ncc1[nH]c(=O)n(CCN(C)C)c12. The van der Waals surface area contributed by atoms with Crippen LogP contribution in [0.4, 0.5) is 0 Å². The average Bonchev–Trinajstić information content (AvgIpc) is 3.17. The minimum atomic E-state index is -0.139. The summed E-state index contributed by atoms with van der Waals surface area (Å²) in [6, 6.07) is 3.90. The van der Waals surface area contributed by atoms with E-state index < -0.39 is 0 Å². The summed E-state index contributed by atoms with van der Waals surface area (Å²) >= 11 is 0. The van der Waals surface area contributed by atoms with E-state index in [4.69, 9.17) is 9.26 Å². The maximum Gasteiger partial charge on any atom is 0.326 e. The van der Waals surface area contributed by atoms with Crippen LogP contribution in [0.5, 0.6) is 5.75 Å². The number of H-pyrrole nitrogens is 1. The van der Waals surface area contributed by atoms with Gasteiger partial charge in [-0.2, -0.15) is 0 Å². The number of fused-ring (bicyclic) bond motifs is 3. The van der Waals surface area contributed by atoms with Crippen LogP contribution in [0.2, 0.25) is 0 Å². The molecule has 1 aromatic carbocycles. The van der Waals surface area contributed by atoms with Crippen LogP contribution in [0, 0.1) is 13.8 Å². The van der Waals surface area contributed by atoms with E-state index in [9.17, 15) is 4.79 Å². The van der Waals surface area contributed by atoms with Crippen molar-refractivity contribution in [3.63, 3.8) is 0 Å². The number of methoxy groups -OCH3 is 1. The molecule has 0 radical (unpaired) electrons. The number of hydrogen-bond donors (Lipinski definition) is 1. The molecule has 3 aromatic heterocycles. The Bertz CT molecular complexity index is 1210. The van der Waals surface area contributed by atoms with Gasteiger partial charge in [0.1, 0.15) is 11.5 Å². The molecule has 0 fully saturated rings. The summed E-state index contributed by atoms with van der Waals surface area (Å²) in [6.45, 7) is 5.11. The molecule has 0 aliphatic carbocycles. The van der Waals surface area contributed by atoms with E-state index in [1.54, 1.807) is 17.9 Å². The summed E-state index contributed by atoms with van der Waals surface area (Å²) < 4.78 is 12.8. The topological polar surface area (TPSA) is 89.2 Å². The fraction of sp³-hybridized carbons (Fsp3) is 0.350. The molecule has 8 nitrogen and oxygen atoms in total. The largest absolute Gasteiger partial charge is 0.496 e. The van der Waals surface area contributed by atoms with Gasteiger partial charge in [0.25, 0.3) is 0 Å². The van der Waals surface area contributed by atoms with Crippen molar-refractivity contribution >= 4 is 21.9 Å². The summed E-state index contributed by atoms with van der Waals surface area (Å²) in [7, 11) is 5.60. The van der Waals surface area contributed by atoms with Crippen molar-refractivity contribution in [3.05, 3.63) is 40.3 Å². The predicted octanol–water partition coefficient (Wildman–Crippen LogP) is 2.72. The second-order valence-electron chi connectivity index (χ2n) is 7.17. The monoisotopic (exact) mass is 381 g/mol. The fourth-order valence-corrected chi connectivity index (χ4v) is 3.62. The Morgan fingerprint density at radius 1 is 1.29 bits per heavy atom. The molecule has 0 bridgehead atoms. The summed E-state index contributed by atoms with van der Waals surface area (Å²) in [5, 5.41) is 4.91. The molecule has 8 heteroatoms. The molecule has 0 saturated heterocycles. The van der Waals surface area contributed by atoms with Crippen molar-refractivity contribution in [1.82, 2.24) is 24.6 Å². The van der Waals surface area contributed by atoms with E-state index in [1.807, 2.05) is 45.0 Å². The molecule has 0 saturated carbocycles. The van der Waals surface area contributed by atoms with Crippen molar-refractivity contribution in [2.45, 2.75) is 20.4 Å². The number of benzene rings is 1. The lowest BCUT2D eigenvalue weighted by atomic mass is 10.0. The Labute approximate surface area is 161 Å². The molecule has 0 aliphatic rings. The third-order valence-electron chi connectivity index (χ3n) is 4.99. The summed E-state index contributed by atoms with van der Waals surface area (Å²) in [5.41, 5.74) is 4.75. The lowest BCUT2D eigenvalue weighted by molar-refractivity contribution is 0.384. The normalized spacial score (nSPS) is 11.8. The first-order valence-corrected chi connectivity index (χ1v) is 9.08. The van der Waals surface area contributed by atoms with Gasteiger partial charge in [-0.15, -0.1) is 0 Å². The third-order valence-corrected chi connectivity index (χ3v) is 4.99. The number of likely N-dealkylation sites (N-methyl/N-ethyl adjacent to an activating group) is 1. The van der Waals surface area contributed by atoms with Gasteiger partial charge in [0.05, 0.1) is 41.1 Å². The van der Waals surface area contributed by atoms with E-state index in [1.165, 1.54) is 0 Å². The number of hydrogen-bond acceptors (Lipinski definition) is 6. The average molecular weight is 381 g/mol. The van der Waals surface area contributed by atoms with Crippen LogP contribution in [0.25, 0.3) is 33.1 Å². The molecule has 1 N–H and O–H groups in total. The number of imidazole rings is 1. The highest BCUT2D eigenvalue weighted by Gasteiger charge is 2.19. The van der Waals surface area contributed by atoms with E-state index >= 15 is 0 Å². The number of nitrogens with zero attached hydrogens (tertiary/aromatic N) is 4. The van der Waals surface area contributed by atoms with Crippen LogP contribution in [0.15, 0.2) is 27.6 Å². The highest BCUT2D eigenvalue weighted by molar-refractivity contribution is 6.04. The molecule has 0 atom stereocenters. The molecule has 4 aromatic rings. The predicted molar refractivity (Wildman–Crippen MR) is 108 cm³/mol. The van der Waals surface area contributed by atoms with Crippen molar-refractivity contribution in [2.24, 2.45) is 0 Å². The lowest BCUT2D eigenvalue weighted by Gasteiger charge is -2.13. The summed E-state index contributed by atoms with van der Waals surface area (Å²) in [5.74, 6) is 1.41. The highest BCUT2D eigenvalue weighted by atomic mass is 16.5. The lowest BCUT2D eigenvalue weighted by Crippen LogP contribution is -2.24. The molecule has 28 heavy (non-hydrogen) atoms. The van der Waals surface area contributed by atoms with Gasteiger partial charge in [-0.1, -0.05) is 5.16 Å². The minimum Gasteiger partial charge on any atom is -0.496 e. The van der Waals surface area contributed by atoms with Gasteiger partial charge < -0.3 is 19.1 Å². The maximum absolute atomic E-state index is 12.5. The van der Waals surface area contributed by atoms with Crippen LogP contribution < -0.4 is 10.4 Å². The Hall–Kier alpha value is -3.13. The number of nitrogens with one attached hydrogen (secondary N) is 1. The van der Waals surface area contributed by atoms with Gasteiger partial charge in [-0.25, -0.2) is 4.79 Å². The molecular weight excluding hydrogens is 358 g/mol. The third kappa shape index (κ3) is 2.86. The van der Waals surface area contributed by atoms with Crippen molar-refractivity contribution in [1.29, 1.82) is 0 Å². The standard InChI is InChI=1S/C20H23N5O3/c1-11-18(12(2)28-23-11)14-8-15-13(9-17(14)27-5)19-16(10-21-15)22-20(26)25(19)7-6-24(3)4/h8-10H,6-7H2,1-5H3,(H,22,26). The molecule has 0 amide bonds. The van der Waals surface area contributed by atoms with E-state index in [0.717, 1.165) is 45.5 Å². The Morgan fingerprint density at radius 2 is 2.07 bits per heavy atom. The van der Waals surface area contributed by atoms with Crippen LogP contribution in [0.1, 0.15) is 11.5 Å². The van der Waals surface area contributed by atoms with Crippen LogP contribution >= 0.6 is 0 Å². The molecule has 146 valence electrons. The van der Waals surface area contributed by atoms with Crippen molar-refractivity contribution in [3.8, 4) is 16.9 Å². The quantitative estimate of drug-likeness (QED) is 0.572. The molecule has 0 unspecified atom stereocenters. The summed E-state index contributed by atoms with van der Waals surface area (Å²) in [6.07, 6.45) is 1.70. The molecule has 4 rings (SSSR count). The van der Waals surface area contributed by atoms with Crippen LogP contribution in [-0.4, -0.2) is 52.3 Å². The first-order valence-electron chi connectivity index (χ1n) is 9.08. The van der Waals surface area contributed by atoms with E-state index in [-0.39, 0.29) is 5.69 Å². The Balaban J connectivity index is 2.01. The van der Waals surface area contributed by atoms with Gasteiger partial charge in [-0.3, -0.25) is 9.55 Å². The number of aryl methyl sites for hydroxylation is 2. The zero-order chi connectivity index (χ0) is 20.0. The van der Waals surface area contributed by atoms with Gasteiger partial charge >= 0.3 is 5.69 Å². The zero-order valence-corrected chi connectivity index (χ0v) is 16.7.